The largest absolute Gasteiger partial charge is 0.418 e. The fourth-order valence-electron chi connectivity index (χ4n) is 4.05. The van der Waals surface area contributed by atoms with Crippen LogP contribution >= 0.6 is 0 Å². The first-order valence-electron chi connectivity index (χ1n) is 8.00. The summed E-state index contributed by atoms with van der Waals surface area (Å²) in [6.07, 6.45) is -3.19. The molecule has 130 valence electrons. The van der Waals surface area contributed by atoms with Crippen LogP contribution in [0.15, 0.2) is 42.6 Å². The molecule has 0 bridgehead atoms. The summed E-state index contributed by atoms with van der Waals surface area (Å²) in [5.41, 5.74) is -0.187. The molecule has 7 heteroatoms. The molecule has 3 heterocycles. The van der Waals surface area contributed by atoms with E-state index in [2.05, 4.69) is 0 Å². The monoisotopic (exact) mass is 348 g/mol. The Morgan fingerprint density at radius 1 is 1.04 bits per heavy atom. The summed E-state index contributed by atoms with van der Waals surface area (Å²) in [5.74, 6) is -2.17. The minimum Gasteiger partial charge on any atom is -0.347 e. The predicted molar refractivity (Wildman–Crippen MR) is 83.8 cm³/mol. The van der Waals surface area contributed by atoms with Gasteiger partial charge in [0.25, 0.3) is 0 Å². The molecule has 0 radical (unpaired) electrons. The Kier molecular flexibility index (Phi) is 3.32. The molecule has 0 spiro atoms. The SMILES string of the molecule is C[C@@H]1[C@H]2C(=O)N(c3ccccc3)C(=O)[C@H]2Cc2c(C(F)(F)F)ccn21. The molecule has 2 aliphatic heterocycles. The third kappa shape index (κ3) is 2.22. The summed E-state index contributed by atoms with van der Waals surface area (Å²) in [5, 5.41) is 0. The van der Waals surface area contributed by atoms with Gasteiger partial charge in [0.1, 0.15) is 0 Å². The molecular weight excluding hydrogens is 333 g/mol. The molecule has 2 aromatic rings. The lowest BCUT2D eigenvalue weighted by atomic mass is 9.81. The topological polar surface area (TPSA) is 42.3 Å². The third-order valence-electron chi connectivity index (χ3n) is 5.19. The molecule has 1 saturated heterocycles. The van der Waals surface area contributed by atoms with Crippen molar-refractivity contribution in [2.24, 2.45) is 11.8 Å². The number of imide groups is 1. The highest BCUT2D eigenvalue weighted by molar-refractivity contribution is 6.22. The van der Waals surface area contributed by atoms with E-state index in [1.54, 1.807) is 37.3 Å². The normalized spacial score (nSPS) is 25.9. The maximum Gasteiger partial charge on any atom is 0.418 e. The zero-order chi connectivity index (χ0) is 17.9. The van der Waals surface area contributed by atoms with E-state index in [9.17, 15) is 22.8 Å². The second-order valence-electron chi connectivity index (χ2n) is 6.51. The molecule has 0 unspecified atom stereocenters. The maximum atomic E-state index is 13.2. The number of hydrogen-bond acceptors (Lipinski definition) is 2. The van der Waals surface area contributed by atoms with E-state index in [4.69, 9.17) is 0 Å². The average Bonchev–Trinajstić information content (AvgIpc) is 3.09. The highest BCUT2D eigenvalue weighted by atomic mass is 19.4. The number of rotatable bonds is 1. The first-order valence-corrected chi connectivity index (χ1v) is 8.00. The number of nitrogens with zero attached hydrogens (tertiary/aromatic N) is 2. The van der Waals surface area contributed by atoms with Gasteiger partial charge < -0.3 is 4.57 Å². The predicted octanol–water partition coefficient (Wildman–Crippen LogP) is 3.43. The molecule has 2 amide bonds. The fourth-order valence-corrected chi connectivity index (χ4v) is 4.05. The van der Waals surface area contributed by atoms with Crippen LogP contribution < -0.4 is 4.90 Å². The number of fused-ring (bicyclic) bond motifs is 2. The summed E-state index contributed by atoms with van der Waals surface area (Å²) in [6, 6.07) is 9.02. The van der Waals surface area contributed by atoms with Crippen molar-refractivity contribution in [3.63, 3.8) is 0 Å². The summed E-state index contributed by atoms with van der Waals surface area (Å²) in [4.78, 5) is 26.8. The van der Waals surface area contributed by atoms with Crippen molar-refractivity contribution in [2.45, 2.75) is 25.6 Å². The van der Waals surface area contributed by atoms with E-state index < -0.39 is 35.5 Å². The first-order chi connectivity index (χ1) is 11.8. The molecule has 4 nitrogen and oxygen atoms in total. The standard InChI is InChI=1S/C18H15F3N2O2/c1-10-15-12(9-14-13(18(19,20)21)7-8-22(10)14)16(24)23(17(15)25)11-5-3-2-4-6-11/h2-8,10,12,15H,9H2,1H3/t10-,12+,15-/m1/s1. The highest BCUT2D eigenvalue weighted by Gasteiger charge is 2.54. The van der Waals surface area contributed by atoms with Gasteiger partial charge in [-0.25, -0.2) is 4.90 Å². The molecule has 1 aromatic heterocycles. The quantitative estimate of drug-likeness (QED) is 0.741. The van der Waals surface area contributed by atoms with Crippen molar-refractivity contribution in [3.8, 4) is 0 Å². The van der Waals surface area contributed by atoms with Gasteiger partial charge in [0.15, 0.2) is 0 Å². The van der Waals surface area contributed by atoms with Crippen LogP contribution in [0.4, 0.5) is 18.9 Å². The zero-order valence-corrected chi connectivity index (χ0v) is 13.3. The van der Waals surface area contributed by atoms with Crippen molar-refractivity contribution < 1.29 is 22.8 Å². The van der Waals surface area contributed by atoms with E-state index in [0.717, 1.165) is 11.0 Å². The molecule has 25 heavy (non-hydrogen) atoms. The number of amides is 2. The van der Waals surface area contributed by atoms with Crippen molar-refractivity contribution in [1.82, 2.24) is 4.57 Å². The Hall–Kier alpha value is -2.57. The molecule has 2 aliphatic rings. The zero-order valence-electron chi connectivity index (χ0n) is 13.3. The van der Waals surface area contributed by atoms with Crippen molar-refractivity contribution in [2.75, 3.05) is 4.90 Å². The van der Waals surface area contributed by atoms with Crippen LogP contribution in [-0.4, -0.2) is 16.4 Å². The molecule has 1 aromatic carbocycles. The molecule has 4 rings (SSSR count). The van der Waals surface area contributed by atoms with E-state index in [-0.39, 0.29) is 18.0 Å². The van der Waals surface area contributed by atoms with Crippen molar-refractivity contribution in [1.29, 1.82) is 0 Å². The lowest BCUT2D eigenvalue weighted by molar-refractivity contribution is -0.139. The molecule has 0 aliphatic carbocycles. The Balaban J connectivity index is 1.77. The van der Waals surface area contributed by atoms with Gasteiger partial charge in [-0.2, -0.15) is 13.2 Å². The Morgan fingerprint density at radius 2 is 1.72 bits per heavy atom. The van der Waals surface area contributed by atoms with Crippen molar-refractivity contribution >= 4 is 17.5 Å². The highest BCUT2D eigenvalue weighted by Crippen LogP contribution is 2.46. The number of benzene rings is 1. The molecule has 0 N–H and O–H groups in total. The van der Waals surface area contributed by atoms with Gasteiger partial charge in [-0.3, -0.25) is 9.59 Å². The average molecular weight is 348 g/mol. The number of aromatic nitrogens is 1. The third-order valence-corrected chi connectivity index (χ3v) is 5.19. The first kappa shape index (κ1) is 15.9. The molecule has 3 atom stereocenters. The Morgan fingerprint density at radius 3 is 2.36 bits per heavy atom. The van der Waals surface area contributed by atoms with Gasteiger partial charge in [-0.1, -0.05) is 18.2 Å². The molecule has 1 fully saturated rings. The van der Waals surface area contributed by atoms with Gasteiger partial charge in [0, 0.05) is 24.4 Å². The van der Waals surface area contributed by atoms with Crippen LogP contribution in [0.2, 0.25) is 0 Å². The minimum absolute atomic E-state index is 0.0786. The summed E-state index contributed by atoms with van der Waals surface area (Å²) in [6.45, 7) is 1.69. The van der Waals surface area contributed by atoms with Gasteiger partial charge in [-0.15, -0.1) is 0 Å². The smallest absolute Gasteiger partial charge is 0.347 e. The fraction of sp³-hybridized carbons (Fsp3) is 0.333. The van der Waals surface area contributed by atoms with Gasteiger partial charge in [0.05, 0.1) is 23.1 Å². The van der Waals surface area contributed by atoms with Gasteiger partial charge >= 0.3 is 6.18 Å². The van der Waals surface area contributed by atoms with Crippen LogP contribution in [0.5, 0.6) is 0 Å². The second kappa shape index (κ2) is 5.21. The number of carbonyl (C=O) groups excluding carboxylic acids is 2. The van der Waals surface area contributed by atoms with Crippen molar-refractivity contribution in [3.05, 3.63) is 53.9 Å². The molecular formula is C18H15F3N2O2. The van der Waals surface area contributed by atoms with Gasteiger partial charge in [0.2, 0.25) is 11.8 Å². The van der Waals surface area contributed by atoms with Crippen LogP contribution in [0.1, 0.15) is 24.2 Å². The number of para-hydroxylation sites is 1. The van der Waals surface area contributed by atoms with Crippen LogP contribution in [0, 0.1) is 11.8 Å². The number of alkyl halides is 3. The molecule has 0 saturated carbocycles. The lowest BCUT2D eigenvalue weighted by Crippen LogP contribution is -2.35. The minimum atomic E-state index is -4.47. The maximum absolute atomic E-state index is 13.2. The van der Waals surface area contributed by atoms with E-state index in [0.29, 0.717) is 5.69 Å². The van der Waals surface area contributed by atoms with Crippen LogP contribution in [-0.2, 0) is 22.2 Å². The van der Waals surface area contributed by atoms with Crippen LogP contribution in [0.3, 0.4) is 0 Å². The lowest BCUT2D eigenvalue weighted by Gasteiger charge is -2.31. The van der Waals surface area contributed by atoms with E-state index >= 15 is 0 Å². The Labute approximate surface area is 141 Å². The Bertz CT molecular complexity index is 857. The second-order valence-corrected chi connectivity index (χ2v) is 6.51. The van der Waals surface area contributed by atoms with Gasteiger partial charge in [-0.05, 0) is 25.1 Å². The van der Waals surface area contributed by atoms with E-state index in [1.165, 1.54) is 10.8 Å². The summed E-state index contributed by atoms with van der Waals surface area (Å²) >= 11 is 0. The number of halogens is 3. The van der Waals surface area contributed by atoms with E-state index in [1.807, 2.05) is 0 Å². The summed E-state index contributed by atoms with van der Waals surface area (Å²) < 4.78 is 41.1. The number of anilines is 1. The van der Waals surface area contributed by atoms with Crippen LogP contribution in [0.25, 0.3) is 0 Å². The summed E-state index contributed by atoms with van der Waals surface area (Å²) in [7, 11) is 0. The number of hydrogen-bond donors (Lipinski definition) is 0. The number of carbonyl (C=O) groups is 2.